The molecule has 1 saturated heterocycles. The van der Waals surface area contributed by atoms with Gasteiger partial charge < -0.3 is 19.5 Å². The third-order valence-corrected chi connectivity index (χ3v) is 6.89. The van der Waals surface area contributed by atoms with Gasteiger partial charge >= 0.3 is 0 Å². The van der Waals surface area contributed by atoms with E-state index in [1.807, 2.05) is 24.3 Å². The molecule has 7 nitrogen and oxygen atoms in total. The second kappa shape index (κ2) is 11.0. The van der Waals surface area contributed by atoms with Gasteiger partial charge in [-0.3, -0.25) is 14.5 Å². The van der Waals surface area contributed by atoms with Crippen molar-refractivity contribution < 1.29 is 24.2 Å². The molecule has 3 aromatic carbocycles. The van der Waals surface area contributed by atoms with E-state index in [9.17, 15) is 14.7 Å². The lowest BCUT2D eigenvalue weighted by Crippen LogP contribution is -2.29. The van der Waals surface area contributed by atoms with Gasteiger partial charge in [-0.15, -0.1) is 0 Å². The highest BCUT2D eigenvalue weighted by atomic mass is 35.5. The van der Waals surface area contributed by atoms with Gasteiger partial charge in [0.05, 0.1) is 30.9 Å². The molecule has 0 saturated carbocycles. The van der Waals surface area contributed by atoms with Crippen LogP contribution in [-0.4, -0.2) is 44.1 Å². The van der Waals surface area contributed by atoms with Crippen molar-refractivity contribution in [3.63, 3.8) is 0 Å². The van der Waals surface area contributed by atoms with Gasteiger partial charge in [-0.25, -0.2) is 0 Å². The Hall–Kier alpha value is -3.97. The summed E-state index contributed by atoms with van der Waals surface area (Å²) in [5, 5.41) is 11.6. The fourth-order valence-electron chi connectivity index (χ4n) is 4.57. The molecule has 1 unspecified atom stereocenters. The van der Waals surface area contributed by atoms with E-state index in [0.29, 0.717) is 22.7 Å². The number of benzene rings is 3. The van der Waals surface area contributed by atoms with Gasteiger partial charge in [0.2, 0.25) is 0 Å². The highest BCUT2D eigenvalue weighted by Crippen LogP contribution is 2.44. The Bertz CT molecular complexity index is 1330. The summed E-state index contributed by atoms with van der Waals surface area (Å²) in [5.74, 6) is -0.844. The van der Waals surface area contributed by atoms with Crippen LogP contribution < -0.4 is 19.3 Å². The predicted molar refractivity (Wildman–Crippen MR) is 146 cm³/mol. The molecule has 0 bridgehead atoms. The molecule has 0 spiro atoms. The smallest absolute Gasteiger partial charge is 0.300 e. The fraction of sp³-hybridized carbons (Fsp3) is 0.241. The van der Waals surface area contributed by atoms with Crippen molar-refractivity contribution in [3.05, 3.63) is 88.5 Å². The summed E-state index contributed by atoms with van der Waals surface area (Å²) in [6, 6.07) is 18.4. The summed E-state index contributed by atoms with van der Waals surface area (Å²) in [6.45, 7) is 5.84. The van der Waals surface area contributed by atoms with Crippen LogP contribution in [0.4, 0.5) is 11.4 Å². The summed E-state index contributed by atoms with van der Waals surface area (Å²) in [6.07, 6.45) is 0. The number of ketones is 1. The largest absolute Gasteiger partial charge is 0.507 e. The summed E-state index contributed by atoms with van der Waals surface area (Å²) in [4.78, 5) is 30.4. The normalized spacial score (nSPS) is 16.7. The molecule has 1 aliphatic rings. The Balaban J connectivity index is 1.92. The zero-order valence-electron chi connectivity index (χ0n) is 21.2. The average Bonchev–Trinajstić information content (AvgIpc) is 3.19. The number of amides is 1. The minimum absolute atomic E-state index is 0.0495. The van der Waals surface area contributed by atoms with Crippen LogP contribution in [0.1, 0.15) is 31.0 Å². The number of anilines is 2. The maximum Gasteiger partial charge on any atom is 0.300 e. The average molecular weight is 521 g/mol. The summed E-state index contributed by atoms with van der Waals surface area (Å²) in [7, 11) is 3.05. The number of rotatable bonds is 8. The van der Waals surface area contributed by atoms with E-state index >= 15 is 0 Å². The first-order chi connectivity index (χ1) is 17.8. The van der Waals surface area contributed by atoms with Crippen LogP contribution in [0, 0.1) is 0 Å². The van der Waals surface area contributed by atoms with Crippen molar-refractivity contribution in [2.24, 2.45) is 0 Å². The number of carbonyl (C=O) groups excluding carboxylic acids is 2. The quantitative estimate of drug-likeness (QED) is 0.229. The van der Waals surface area contributed by atoms with Crippen LogP contribution in [0.5, 0.6) is 11.5 Å². The van der Waals surface area contributed by atoms with Gasteiger partial charge in [-0.2, -0.15) is 0 Å². The second-order valence-electron chi connectivity index (χ2n) is 8.48. The SMILES string of the molecule is CCN(CC)c1ccc(C2/C(=C(\O)c3cc(OC)ccc3Cl)C(=O)C(=O)N2c2ccc(OC)cc2)cc1. The first-order valence-electron chi connectivity index (χ1n) is 12.0. The van der Waals surface area contributed by atoms with Crippen molar-refractivity contribution in [2.45, 2.75) is 19.9 Å². The number of hydrogen-bond acceptors (Lipinski definition) is 6. The summed E-state index contributed by atoms with van der Waals surface area (Å²) < 4.78 is 10.5. The Morgan fingerprint density at radius 2 is 1.51 bits per heavy atom. The van der Waals surface area contributed by atoms with Crippen LogP contribution in [-0.2, 0) is 9.59 Å². The van der Waals surface area contributed by atoms with E-state index in [1.54, 1.807) is 49.6 Å². The van der Waals surface area contributed by atoms with Crippen LogP contribution in [0.25, 0.3) is 5.76 Å². The topological polar surface area (TPSA) is 79.3 Å². The molecule has 8 heteroatoms. The number of carbonyl (C=O) groups is 2. The molecule has 3 aromatic rings. The van der Waals surface area contributed by atoms with Gasteiger partial charge in [0, 0.05) is 30.0 Å². The molecule has 37 heavy (non-hydrogen) atoms. The number of halogens is 1. The molecule has 1 aliphatic heterocycles. The van der Waals surface area contributed by atoms with Crippen LogP contribution >= 0.6 is 11.6 Å². The number of aliphatic hydroxyl groups excluding tert-OH is 1. The number of ether oxygens (including phenoxy) is 2. The maximum absolute atomic E-state index is 13.4. The highest BCUT2D eigenvalue weighted by molar-refractivity contribution is 6.52. The van der Waals surface area contributed by atoms with Crippen LogP contribution in [0.15, 0.2) is 72.3 Å². The fourth-order valence-corrected chi connectivity index (χ4v) is 4.78. The lowest BCUT2D eigenvalue weighted by atomic mass is 9.94. The van der Waals surface area contributed by atoms with E-state index in [0.717, 1.165) is 18.8 Å². The van der Waals surface area contributed by atoms with Gasteiger partial charge in [-0.05, 0) is 74.0 Å². The molecule has 1 amide bonds. The number of hydrogen-bond donors (Lipinski definition) is 1. The van der Waals surface area contributed by atoms with Crippen LogP contribution in [0.3, 0.4) is 0 Å². The minimum Gasteiger partial charge on any atom is -0.507 e. The molecule has 1 fully saturated rings. The van der Waals surface area contributed by atoms with Gasteiger partial charge in [-0.1, -0.05) is 23.7 Å². The molecule has 1 heterocycles. The zero-order chi connectivity index (χ0) is 26.7. The molecule has 4 rings (SSSR count). The first kappa shape index (κ1) is 26.1. The predicted octanol–water partition coefficient (Wildman–Crippen LogP) is 5.83. The molecule has 0 aliphatic carbocycles. The molecular formula is C29H29ClN2O5. The van der Waals surface area contributed by atoms with Crippen molar-refractivity contribution in [3.8, 4) is 11.5 Å². The second-order valence-corrected chi connectivity index (χ2v) is 8.88. The minimum atomic E-state index is -0.874. The number of methoxy groups -OCH3 is 2. The molecule has 1 atom stereocenters. The Morgan fingerprint density at radius 3 is 2.08 bits per heavy atom. The van der Waals surface area contributed by atoms with Gasteiger partial charge in [0.25, 0.3) is 11.7 Å². The molecular weight excluding hydrogens is 492 g/mol. The van der Waals surface area contributed by atoms with E-state index in [2.05, 4.69) is 18.7 Å². The Morgan fingerprint density at radius 1 is 0.919 bits per heavy atom. The zero-order valence-corrected chi connectivity index (χ0v) is 22.0. The summed E-state index contributed by atoms with van der Waals surface area (Å²) in [5.41, 5.74) is 2.35. The highest BCUT2D eigenvalue weighted by Gasteiger charge is 2.47. The van der Waals surface area contributed by atoms with Crippen molar-refractivity contribution in [2.75, 3.05) is 37.1 Å². The first-order valence-corrected chi connectivity index (χ1v) is 12.4. The van der Waals surface area contributed by atoms with E-state index in [1.165, 1.54) is 12.0 Å². The van der Waals surface area contributed by atoms with Crippen LogP contribution in [0.2, 0.25) is 5.02 Å². The van der Waals surface area contributed by atoms with Gasteiger partial charge in [0.1, 0.15) is 17.3 Å². The molecule has 1 N–H and O–H groups in total. The van der Waals surface area contributed by atoms with E-state index in [4.69, 9.17) is 21.1 Å². The third kappa shape index (κ3) is 4.87. The standard InChI is InChI=1S/C29H29ClN2O5/c1-5-31(6-2)19-9-7-18(8-10-19)26-25(27(33)23-17-22(37-4)15-16-24(23)30)28(34)29(35)32(26)20-11-13-21(36-3)14-12-20/h7-17,26,33H,5-6H2,1-4H3/b27-25+. The van der Waals surface area contributed by atoms with Crippen molar-refractivity contribution in [1.82, 2.24) is 0 Å². The van der Waals surface area contributed by atoms with Crippen molar-refractivity contribution in [1.29, 1.82) is 0 Å². The lowest BCUT2D eigenvalue weighted by molar-refractivity contribution is -0.132. The van der Waals surface area contributed by atoms with Gasteiger partial charge in [0.15, 0.2) is 0 Å². The molecule has 0 radical (unpaired) electrons. The monoisotopic (exact) mass is 520 g/mol. The Kier molecular flexibility index (Phi) is 7.74. The van der Waals surface area contributed by atoms with Crippen molar-refractivity contribution >= 4 is 40.4 Å². The van der Waals surface area contributed by atoms with E-state index < -0.39 is 17.7 Å². The maximum atomic E-state index is 13.4. The third-order valence-electron chi connectivity index (χ3n) is 6.56. The van der Waals surface area contributed by atoms with E-state index in [-0.39, 0.29) is 21.9 Å². The summed E-state index contributed by atoms with van der Waals surface area (Å²) >= 11 is 6.40. The Labute approximate surface area is 221 Å². The molecule has 192 valence electrons. The molecule has 0 aromatic heterocycles. The lowest BCUT2D eigenvalue weighted by Gasteiger charge is -2.27. The number of aliphatic hydroxyl groups is 1. The number of nitrogens with zero attached hydrogens (tertiary/aromatic N) is 2. The number of Topliss-reactive ketones (excluding diaryl/α,β-unsaturated/α-hetero) is 1.